The summed E-state index contributed by atoms with van der Waals surface area (Å²) in [6, 6.07) is 4.22. The molecule has 0 bridgehead atoms. The van der Waals surface area contributed by atoms with Crippen LogP contribution in [0.3, 0.4) is 0 Å². The summed E-state index contributed by atoms with van der Waals surface area (Å²) in [6.07, 6.45) is 0. The zero-order valence-corrected chi connectivity index (χ0v) is 14.4. The molecule has 0 radical (unpaired) electrons. The fourth-order valence-electron chi connectivity index (χ4n) is 1.67. The zero-order valence-electron chi connectivity index (χ0n) is 9.83. The van der Waals surface area contributed by atoms with E-state index in [9.17, 15) is 8.78 Å². The van der Waals surface area contributed by atoms with Gasteiger partial charge in [0.1, 0.15) is 11.6 Å². The summed E-state index contributed by atoms with van der Waals surface area (Å²) in [6.45, 7) is 0. The SMILES string of the molecule is Fc1cc(C(Cl)(Cl)c2cc(F)c(Cl)cc2Cl)c(Cl)cc1Cl. The maximum Gasteiger partial charge on any atom is 0.171 e. The first-order chi connectivity index (χ1) is 9.64. The van der Waals surface area contributed by atoms with Crippen molar-refractivity contribution in [3.8, 4) is 0 Å². The van der Waals surface area contributed by atoms with Crippen molar-refractivity contribution < 1.29 is 8.78 Å². The van der Waals surface area contributed by atoms with Gasteiger partial charge in [0.2, 0.25) is 0 Å². The molecule has 0 atom stereocenters. The Morgan fingerprint density at radius 3 is 1.29 bits per heavy atom. The molecule has 0 spiro atoms. The first-order valence-corrected chi connectivity index (χ1v) is 7.59. The van der Waals surface area contributed by atoms with Gasteiger partial charge in [-0.2, -0.15) is 0 Å². The fourth-order valence-corrected chi connectivity index (χ4v) is 3.54. The van der Waals surface area contributed by atoms with Crippen molar-refractivity contribution in [2.45, 2.75) is 4.33 Å². The van der Waals surface area contributed by atoms with E-state index in [0.717, 1.165) is 24.3 Å². The Hall–Kier alpha value is 0.0400. The van der Waals surface area contributed by atoms with Crippen LogP contribution in [0.15, 0.2) is 24.3 Å². The van der Waals surface area contributed by atoms with Gasteiger partial charge in [-0.05, 0) is 24.3 Å². The van der Waals surface area contributed by atoms with E-state index in [1.807, 2.05) is 0 Å². The normalized spacial score (nSPS) is 11.8. The van der Waals surface area contributed by atoms with Crippen LogP contribution in [0.4, 0.5) is 8.78 Å². The maximum atomic E-state index is 13.6. The van der Waals surface area contributed by atoms with E-state index in [4.69, 9.17) is 69.6 Å². The van der Waals surface area contributed by atoms with E-state index in [-0.39, 0.29) is 31.2 Å². The Kier molecular flexibility index (Phi) is 5.19. The predicted octanol–water partition coefficient (Wildman–Crippen LogP) is 7.26. The van der Waals surface area contributed by atoms with Gasteiger partial charge in [0.05, 0.1) is 10.0 Å². The summed E-state index contributed by atoms with van der Waals surface area (Å²) in [7, 11) is 0. The third-order valence-electron chi connectivity index (χ3n) is 2.70. The molecular formula is C13H4Cl6F2. The predicted molar refractivity (Wildman–Crippen MR) is 85.3 cm³/mol. The van der Waals surface area contributed by atoms with Crippen LogP contribution in [0.2, 0.25) is 20.1 Å². The van der Waals surface area contributed by atoms with Gasteiger partial charge in [-0.25, -0.2) is 8.78 Å². The average Bonchev–Trinajstić information content (AvgIpc) is 2.37. The number of hydrogen-bond donors (Lipinski definition) is 0. The maximum absolute atomic E-state index is 13.6. The van der Waals surface area contributed by atoms with Crippen LogP contribution in [-0.2, 0) is 4.33 Å². The first-order valence-electron chi connectivity index (χ1n) is 5.32. The van der Waals surface area contributed by atoms with E-state index in [2.05, 4.69) is 0 Å². The lowest BCUT2D eigenvalue weighted by molar-refractivity contribution is 0.623. The van der Waals surface area contributed by atoms with E-state index in [1.54, 1.807) is 0 Å². The fraction of sp³-hybridized carbons (Fsp3) is 0.0769. The average molecular weight is 411 g/mol. The largest absolute Gasteiger partial charge is 0.205 e. The molecule has 112 valence electrons. The van der Waals surface area contributed by atoms with Crippen LogP contribution in [0, 0.1) is 11.6 Å². The lowest BCUT2D eigenvalue weighted by atomic mass is 10.0. The van der Waals surface area contributed by atoms with E-state index in [1.165, 1.54) is 0 Å². The summed E-state index contributed by atoms with van der Waals surface area (Å²) in [5, 5.41) is -0.363. The Labute approximate surface area is 149 Å². The lowest BCUT2D eigenvalue weighted by Gasteiger charge is -2.23. The van der Waals surface area contributed by atoms with Crippen LogP contribution in [0.25, 0.3) is 0 Å². The molecule has 0 aliphatic carbocycles. The summed E-state index contributed by atoms with van der Waals surface area (Å²) >= 11 is 35.6. The van der Waals surface area contributed by atoms with Crippen molar-refractivity contribution in [2.75, 3.05) is 0 Å². The molecule has 0 unspecified atom stereocenters. The first kappa shape index (κ1) is 17.4. The smallest absolute Gasteiger partial charge is 0.171 e. The lowest BCUT2D eigenvalue weighted by Crippen LogP contribution is -2.15. The molecule has 8 heteroatoms. The molecule has 0 saturated heterocycles. The van der Waals surface area contributed by atoms with Gasteiger partial charge >= 0.3 is 0 Å². The van der Waals surface area contributed by atoms with Crippen LogP contribution >= 0.6 is 69.6 Å². The topological polar surface area (TPSA) is 0 Å². The van der Waals surface area contributed by atoms with Gasteiger partial charge in [-0.15, -0.1) is 0 Å². The van der Waals surface area contributed by atoms with Crippen LogP contribution < -0.4 is 0 Å². The van der Waals surface area contributed by atoms with Gasteiger partial charge in [0.25, 0.3) is 0 Å². The highest BCUT2D eigenvalue weighted by atomic mass is 35.5. The number of benzene rings is 2. The molecule has 0 heterocycles. The van der Waals surface area contributed by atoms with Gasteiger partial charge in [0, 0.05) is 21.2 Å². The third-order valence-corrected chi connectivity index (χ3v) is 4.72. The van der Waals surface area contributed by atoms with Crippen LogP contribution in [-0.4, -0.2) is 0 Å². The minimum absolute atomic E-state index is 0.0119. The molecule has 0 aliphatic rings. The minimum Gasteiger partial charge on any atom is -0.205 e. The Balaban J connectivity index is 2.67. The quantitative estimate of drug-likeness (QED) is 0.361. The Bertz CT molecular complexity index is 655. The number of rotatable bonds is 2. The summed E-state index contributed by atoms with van der Waals surface area (Å²) in [5.74, 6) is -1.54. The second-order valence-electron chi connectivity index (χ2n) is 4.07. The Morgan fingerprint density at radius 2 is 0.952 bits per heavy atom. The molecule has 0 aromatic heterocycles. The summed E-state index contributed by atoms with van der Waals surface area (Å²) < 4.78 is 25.3. The van der Waals surface area contributed by atoms with Crippen LogP contribution in [0.1, 0.15) is 11.1 Å². The molecule has 0 aliphatic heterocycles. The molecule has 2 aromatic carbocycles. The highest BCUT2D eigenvalue weighted by Crippen LogP contribution is 2.48. The molecule has 0 nitrogen and oxygen atoms in total. The van der Waals surface area contributed by atoms with E-state index < -0.39 is 16.0 Å². The number of halogens is 8. The zero-order chi connectivity index (χ0) is 15.9. The third kappa shape index (κ3) is 3.36. The Morgan fingerprint density at radius 1 is 0.619 bits per heavy atom. The molecule has 2 aromatic rings. The summed E-state index contributed by atoms with van der Waals surface area (Å²) in [5.41, 5.74) is -0.0314. The van der Waals surface area contributed by atoms with Crippen molar-refractivity contribution >= 4 is 69.6 Å². The summed E-state index contributed by atoms with van der Waals surface area (Å²) in [4.78, 5) is 0. The molecule has 0 saturated carbocycles. The minimum atomic E-state index is -1.88. The van der Waals surface area contributed by atoms with Crippen molar-refractivity contribution in [2.24, 2.45) is 0 Å². The second-order valence-corrected chi connectivity index (χ2v) is 7.02. The molecule has 2 rings (SSSR count). The van der Waals surface area contributed by atoms with Gasteiger partial charge in [-0.3, -0.25) is 0 Å². The molecule has 21 heavy (non-hydrogen) atoms. The van der Waals surface area contributed by atoms with Crippen molar-refractivity contribution in [3.05, 3.63) is 67.1 Å². The molecule has 0 N–H and O–H groups in total. The van der Waals surface area contributed by atoms with E-state index >= 15 is 0 Å². The highest BCUT2D eigenvalue weighted by Gasteiger charge is 2.35. The molecule has 0 fully saturated rings. The van der Waals surface area contributed by atoms with Crippen LogP contribution in [0.5, 0.6) is 0 Å². The molecular weight excluding hydrogens is 407 g/mol. The van der Waals surface area contributed by atoms with E-state index in [0.29, 0.717) is 0 Å². The van der Waals surface area contributed by atoms with Gasteiger partial charge in [-0.1, -0.05) is 69.6 Å². The highest BCUT2D eigenvalue weighted by molar-refractivity contribution is 6.52. The number of alkyl halides is 2. The molecule has 0 amide bonds. The van der Waals surface area contributed by atoms with Crippen molar-refractivity contribution in [1.29, 1.82) is 0 Å². The number of hydrogen-bond acceptors (Lipinski definition) is 0. The monoisotopic (exact) mass is 408 g/mol. The van der Waals surface area contributed by atoms with Crippen molar-refractivity contribution in [3.63, 3.8) is 0 Å². The van der Waals surface area contributed by atoms with Crippen molar-refractivity contribution in [1.82, 2.24) is 0 Å². The standard InChI is InChI=1S/C13H4Cl6F2/c14-7-3-9(16)11(20)1-5(7)13(18,19)6-2-12(21)10(17)4-8(6)15/h1-4H. The van der Waals surface area contributed by atoms with Gasteiger partial charge in [0.15, 0.2) is 4.33 Å². The second kappa shape index (κ2) is 6.27. The van der Waals surface area contributed by atoms with Gasteiger partial charge < -0.3 is 0 Å².